The van der Waals surface area contributed by atoms with Gasteiger partial charge in [-0.25, -0.2) is 4.79 Å². The van der Waals surface area contributed by atoms with E-state index in [4.69, 9.17) is 0 Å². The summed E-state index contributed by atoms with van der Waals surface area (Å²) in [7, 11) is 1.71. The molecule has 23 heavy (non-hydrogen) atoms. The van der Waals surface area contributed by atoms with Gasteiger partial charge in [0.25, 0.3) is 0 Å². The molecule has 0 bridgehead atoms. The van der Waals surface area contributed by atoms with E-state index in [1.54, 1.807) is 11.6 Å². The maximum absolute atomic E-state index is 12.3. The Labute approximate surface area is 134 Å². The lowest BCUT2D eigenvalue weighted by molar-refractivity contribution is -0.121. The Balaban J connectivity index is 1.74. The van der Waals surface area contributed by atoms with Crippen molar-refractivity contribution in [3.8, 4) is 0 Å². The number of aromatic nitrogens is 2. The first-order chi connectivity index (χ1) is 11.1. The van der Waals surface area contributed by atoms with Crippen LogP contribution in [0.5, 0.6) is 0 Å². The van der Waals surface area contributed by atoms with Crippen LogP contribution in [-0.2, 0) is 24.9 Å². The second-order valence-corrected chi connectivity index (χ2v) is 5.68. The Morgan fingerprint density at radius 3 is 2.39 bits per heavy atom. The molecule has 0 fully saturated rings. The van der Waals surface area contributed by atoms with Crippen LogP contribution in [0.2, 0.25) is 0 Å². The molecule has 118 valence electrons. The Hall–Kier alpha value is -2.82. The lowest BCUT2D eigenvalue weighted by Gasteiger charge is -2.07. The molecule has 2 aromatic carbocycles. The number of nitrogens with one attached hydrogen (secondary N) is 1. The second kappa shape index (κ2) is 6.12. The highest BCUT2D eigenvalue weighted by Gasteiger charge is 2.12. The van der Waals surface area contributed by atoms with E-state index in [0.29, 0.717) is 6.54 Å². The standard InChI is InChI=1S/C18H19N3O2/c1-13-7-9-14(10-8-13)11-19-17(22)12-21-16-6-4-3-5-15(16)20(2)18(21)23/h3-10H,11-12H2,1-2H3,(H,19,22). The summed E-state index contributed by atoms with van der Waals surface area (Å²) in [6.07, 6.45) is 0. The number of carbonyl (C=O) groups excluding carboxylic acids is 1. The molecule has 0 saturated carbocycles. The number of hydrogen-bond donors (Lipinski definition) is 1. The fourth-order valence-corrected chi connectivity index (χ4v) is 2.62. The SMILES string of the molecule is Cc1ccc(CNC(=O)Cn2c(=O)n(C)c3ccccc32)cc1. The van der Waals surface area contributed by atoms with E-state index in [9.17, 15) is 9.59 Å². The topological polar surface area (TPSA) is 56.0 Å². The van der Waals surface area contributed by atoms with Gasteiger partial charge in [0.05, 0.1) is 11.0 Å². The van der Waals surface area contributed by atoms with Crippen LogP contribution in [0.1, 0.15) is 11.1 Å². The third-order valence-corrected chi connectivity index (χ3v) is 3.96. The van der Waals surface area contributed by atoms with E-state index < -0.39 is 0 Å². The van der Waals surface area contributed by atoms with Crippen LogP contribution in [0, 0.1) is 6.92 Å². The molecule has 5 nitrogen and oxygen atoms in total. The first kappa shape index (κ1) is 15.1. The van der Waals surface area contributed by atoms with Crippen LogP contribution in [0.3, 0.4) is 0 Å². The summed E-state index contributed by atoms with van der Waals surface area (Å²) in [6.45, 7) is 2.50. The second-order valence-electron chi connectivity index (χ2n) is 5.68. The van der Waals surface area contributed by atoms with Crippen LogP contribution in [0.25, 0.3) is 11.0 Å². The predicted molar refractivity (Wildman–Crippen MR) is 90.2 cm³/mol. The van der Waals surface area contributed by atoms with Crippen molar-refractivity contribution in [2.75, 3.05) is 0 Å². The molecule has 0 radical (unpaired) electrons. The maximum atomic E-state index is 12.3. The molecule has 5 heteroatoms. The molecule has 0 saturated heterocycles. The van der Waals surface area contributed by atoms with Gasteiger partial charge in [-0.3, -0.25) is 13.9 Å². The van der Waals surface area contributed by atoms with E-state index in [0.717, 1.165) is 16.6 Å². The van der Waals surface area contributed by atoms with Gasteiger partial charge in [0.15, 0.2) is 0 Å². The number of rotatable bonds is 4. The van der Waals surface area contributed by atoms with Crippen molar-refractivity contribution in [1.82, 2.24) is 14.5 Å². The zero-order chi connectivity index (χ0) is 16.4. The highest BCUT2D eigenvalue weighted by atomic mass is 16.2. The minimum Gasteiger partial charge on any atom is -0.350 e. The van der Waals surface area contributed by atoms with Gasteiger partial charge in [0, 0.05) is 13.6 Å². The van der Waals surface area contributed by atoms with Crippen LogP contribution in [0.15, 0.2) is 53.3 Å². The molecule has 0 spiro atoms. The number of fused-ring (bicyclic) bond motifs is 1. The summed E-state index contributed by atoms with van der Waals surface area (Å²) >= 11 is 0. The smallest absolute Gasteiger partial charge is 0.329 e. The van der Waals surface area contributed by atoms with E-state index >= 15 is 0 Å². The van der Waals surface area contributed by atoms with Gasteiger partial charge in [-0.15, -0.1) is 0 Å². The lowest BCUT2D eigenvalue weighted by Crippen LogP contribution is -2.32. The quantitative estimate of drug-likeness (QED) is 0.801. The van der Waals surface area contributed by atoms with Gasteiger partial charge in [0.2, 0.25) is 5.91 Å². The molecule has 1 N–H and O–H groups in total. The highest BCUT2D eigenvalue weighted by molar-refractivity contribution is 5.80. The molecule has 0 aliphatic rings. The van der Waals surface area contributed by atoms with Gasteiger partial charge in [0.1, 0.15) is 6.54 Å². The average Bonchev–Trinajstić information content (AvgIpc) is 2.80. The normalized spacial score (nSPS) is 10.9. The number of hydrogen-bond acceptors (Lipinski definition) is 2. The number of amides is 1. The van der Waals surface area contributed by atoms with Crippen molar-refractivity contribution in [2.45, 2.75) is 20.0 Å². The Bertz CT molecular complexity index is 904. The summed E-state index contributed by atoms with van der Waals surface area (Å²) in [5.74, 6) is -0.177. The Kier molecular flexibility index (Phi) is 4.02. The molecule has 0 aliphatic carbocycles. The predicted octanol–water partition coefficient (Wildman–Crippen LogP) is 1.96. The van der Waals surface area contributed by atoms with Gasteiger partial charge in [-0.05, 0) is 24.6 Å². The van der Waals surface area contributed by atoms with Crippen LogP contribution >= 0.6 is 0 Å². The number of imidazole rings is 1. The van der Waals surface area contributed by atoms with Gasteiger partial charge < -0.3 is 5.32 Å². The maximum Gasteiger partial charge on any atom is 0.329 e. The molecular formula is C18H19N3O2. The summed E-state index contributed by atoms with van der Waals surface area (Å²) in [5.41, 5.74) is 3.63. The molecule has 0 atom stereocenters. The number of benzene rings is 2. The number of carbonyl (C=O) groups is 1. The highest BCUT2D eigenvalue weighted by Crippen LogP contribution is 2.11. The molecular weight excluding hydrogens is 290 g/mol. The van der Waals surface area contributed by atoms with Crippen molar-refractivity contribution in [3.63, 3.8) is 0 Å². The fraction of sp³-hybridized carbons (Fsp3) is 0.222. The van der Waals surface area contributed by atoms with Crippen LogP contribution in [-0.4, -0.2) is 15.0 Å². The average molecular weight is 309 g/mol. The first-order valence-electron chi connectivity index (χ1n) is 7.53. The summed E-state index contributed by atoms with van der Waals surface area (Å²) < 4.78 is 3.06. The number of nitrogens with zero attached hydrogens (tertiary/aromatic N) is 2. The summed E-state index contributed by atoms with van der Waals surface area (Å²) in [4.78, 5) is 24.5. The molecule has 0 unspecified atom stereocenters. The molecule has 1 amide bonds. The molecule has 0 aliphatic heterocycles. The first-order valence-corrected chi connectivity index (χ1v) is 7.53. The van der Waals surface area contributed by atoms with Crippen molar-refractivity contribution < 1.29 is 4.79 Å². The number of para-hydroxylation sites is 2. The monoisotopic (exact) mass is 309 g/mol. The zero-order valence-corrected chi connectivity index (χ0v) is 13.2. The van der Waals surface area contributed by atoms with Crippen LogP contribution in [0.4, 0.5) is 0 Å². The van der Waals surface area contributed by atoms with E-state index in [1.807, 2.05) is 55.5 Å². The third-order valence-electron chi connectivity index (χ3n) is 3.96. The largest absolute Gasteiger partial charge is 0.350 e. The molecule has 1 heterocycles. The minimum atomic E-state index is -0.184. The Morgan fingerprint density at radius 1 is 1.04 bits per heavy atom. The molecule has 3 rings (SSSR count). The molecule has 1 aromatic heterocycles. The van der Waals surface area contributed by atoms with Gasteiger partial charge in [-0.2, -0.15) is 0 Å². The fourth-order valence-electron chi connectivity index (χ4n) is 2.62. The summed E-state index contributed by atoms with van der Waals surface area (Å²) in [6, 6.07) is 15.5. The third kappa shape index (κ3) is 3.04. The van der Waals surface area contributed by atoms with Crippen molar-refractivity contribution in [1.29, 1.82) is 0 Å². The van der Waals surface area contributed by atoms with E-state index in [1.165, 1.54) is 10.1 Å². The number of aryl methyl sites for hydroxylation is 2. The van der Waals surface area contributed by atoms with E-state index in [-0.39, 0.29) is 18.1 Å². The van der Waals surface area contributed by atoms with E-state index in [2.05, 4.69) is 5.32 Å². The van der Waals surface area contributed by atoms with Crippen LogP contribution < -0.4 is 11.0 Å². The zero-order valence-electron chi connectivity index (χ0n) is 13.2. The molecule has 3 aromatic rings. The van der Waals surface area contributed by atoms with Gasteiger partial charge >= 0.3 is 5.69 Å². The Morgan fingerprint density at radius 2 is 1.70 bits per heavy atom. The lowest BCUT2D eigenvalue weighted by atomic mass is 10.1. The van der Waals surface area contributed by atoms with Crippen molar-refractivity contribution >= 4 is 16.9 Å². The minimum absolute atomic E-state index is 0.0199. The van der Waals surface area contributed by atoms with Crippen molar-refractivity contribution in [3.05, 3.63) is 70.1 Å². The van der Waals surface area contributed by atoms with Crippen molar-refractivity contribution in [2.24, 2.45) is 7.05 Å². The summed E-state index contributed by atoms with van der Waals surface area (Å²) in [5, 5.41) is 2.86. The van der Waals surface area contributed by atoms with Gasteiger partial charge in [-0.1, -0.05) is 42.0 Å².